The Kier molecular flexibility index (Phi) is 7.16. The molecule has 0 unspecified atom stereocenters. The fraction of sp³-hybridized carbons (Fsp3) is 0.385. The van der Waals surface area contributed by atoms with Crippen molar-refractivity contribution in [3.63, 3.8) is 0 Å². The average Bonchev–Trinajstić information content (AvgIpc) is 2.39. The Hall–Kier alpha value is -0.280. The van der Waals surface area contributed by atoms with Gasteiger partial charge in [0.1, 0.15) is 0 Å². The van der Waals surface area contributed by atoms with Gasteiger partial charge in [0.15, 0.2) is 0 Å². The molecule has 1 aliphatic heterocycles. The third kappa shape index (κ3) is 4.64. The molecule has 0 N–H and O–H groups in total. The topological polar surface area (TPSA) is 24.7 Å². The molecule has 104 valence electrons. The van der Waals surface area contributed by atoms with Crippen LogP contribution in [0.5, 0.6) is 0 Å². The Morgan fingerprint density at radius 1 is 1.16 bits per heavy atom. The molecule has 19 heavy (non-hydrogen) atoms. The van der Waals surface area contributed by atoms with Gasteiger partial charge in [0, 0.05) is 24.0 Å². The minimum Gasteiger partial charge on any atom is -0.292 e. The van der Waals surface area contributed by atoms with E-state index in [2.05, 4.69) is 9.98 Å². The molecule has 0 saturated heterocycles. The number of rotatable bonds is 3. The van der Waals surface area contributed by atoms with E-state index < -0.39 is 0 Å². The lowest BCUT2D eigenvalue weighted by molar-refractivity contribution is 0.731. The van der Waals surface area contributed by atoms with Gasteiger partial charge in [-0.25, -0.2) is 0 Å². The van der Waals surface area contributed by atoms with Gasteiger partial charge in [0.2, 0.25) is 0 Å². The molecule has 0 aliphatic carbocycles. The second-order valence-electron chi connectivity index (χ2n) is 4.13. The lowest BCUT2D eigenvalue weighted by Gasteiger charge is -2.09. The quantitative estimate of drug-likeness (QED) is 0.539. The van der Waals surface area contributed by atoms with Crippen molar-refractivity contribution in [2.45, 2.75) is 19.3 Å². The SMILES string of the molecule is Cl.Clc1ccc(Cl)c(C=NCC2=NCCCC2)c1Cl. The zero-order chi connectivity index (χ0) is 13.0. The molecule has 0 saturated carbocycles. The average molecular weight is 340 g/mol. The summed E-state index contributed by atoms with van der Waals surface area (Å²) < 4.78 is 0. The van der Waals surface area contributed by atoms with Gasteiger partial charge < -0.3 is 0 Å². The summed E-state index contributed by atoms with van der Waals surface area (Å²) in [4.78, 5) is 8.78. The van der Waals surface area contributed by atoms with Crippen LogP contribution in [-0.4, -0.2) is 25.0 Å². The van der Waals surface area contributed by atoms with E-state index in [1.54, 1.807) is 18.3 Å². The third-order valence-corrected chi connectivity index (χ3v) is 3.93. The van der Waals surface area contributed by atoms with E-state index in [0.29, 0.717) is 27.2 Å². The van der Waals surface area contributed by atoms with Crippen LogP contribution in [0.2, 0.25) is 15.1 Å². The van der Waals surface area contributed by atoms with Crippen molar-refractivity contribution in [3.8, 4) is 0 Å². The van der Waals surface area contributed by atoms with Crippen LogP contribution in [0, 0.1) is 0 Å². The van der Waals surface area contributed by atoms with Gasteiger partial charge in [-0.1, -0.05) is 34.8 Å². The van der Waals surface area contributed by atoms with E-state index in [1.807, 2.05) is 0 Å². The largest absolute Gasteiger partial charge is 0.292 e. The summed E-state index contributed by atoms with van der Waals surface area (Å²) >= 11 is 18.1. The van der Waals surface area contributed by atoms with Crippen LogP contribution in [0.4, 0.5) is 0 Å². The minimum absolute atomic E-state index is 0. The zero-order valence-corrected chi connectivity index (χ0v) is 13.3. The van der Waals surface area contributed by atoms with Crippen molar-refractivity contribution in [1.82, 2.24) is 0 Å². The normalized spacial score (nSPS) is 15.2. The van der Waals surface area contributed by atoms with Gasteiger partial charge in [-0.3, -0.25) is 9.98 Å². The predicted molar refractivity (Wildman–Crippen MR) is 87.3 cm³/mol. The van der Waals surface area contributed by atoms with Gasteiger partial charge >= 0.3 is 0 Å². The van der Waals surface area contributed by atoms with Gasteiger partial charge in [-0.15, -0.1) is 12.4 Å². The molecule has 1 aromatic carbocycles. The summed E-state index contributed by atoms with van der Waals surface area (Å²) in [6.45, 7) is 1.53. The van der Waals surface area contributed by atoms with Gasteiger partial charge in [-0.2, -0.15) is 0 Å². The van der Waals surface area contributed by atoms with E-state index in [-0.39, 0.29) is 12.4 Å². The van der Waals surface area contributed by atoms with E-state index >= 15 is 0 Å². The number of hydrogen-bond donors (Lipinski definition) is 0. The third-order valence-electron chi connectivity index (χ3n) is 2.78. The number of hydrogen-bond acceptors (Lipinski definition) is 2. The van der Waals surface area contributed by atoms with Crippen LogP contribution in [0.1, 0.15) is 24.8 Å². The molecule has 0 atom stereocenters. The van der Waals surface area contributed by atoms with Crippen LogP contribution in [0.25, 0.3) is 0 Å². The highest BCUT2D eigenvalue weighted by Gasteiger charge is 2.08. The molecule has 0 bridgehead atoms. The summed E-state index contributed by atoms with van der Waals surface area (Å²) in [5, 5.41) is 1.48. The van der Waals surface area contributed by atoms with Gasteiger partial charge in [0.05, 0.1) is 21.6 Å². The number of benzene rings is 1. The van der Waals surface area contributed by atoms with Crippen molar-refractivity contribution >= 4 is 59.1 Å². The standard InChI is InChI=1S/C13H13Cl3N2.ClH/c14-11-4-5-12(15)13(16)10(11)8-17-7-9-3-1-2-6-18-9;/h4-5,8H,1-3,6-7H2;1H. The second kappa shape index (κ2) is 8.11. The van der Waals surface area contributed by atoms with Crippen molar-refractivity contribution in [2.75, 3.05) is 13.1 Å². The molecular formula is C13H14Cl4N2. The van der Waals surface area contributed by atoms with E-state index in [0.717, 1.165) is 18.7 Å². The monoisotopic (exact) mass is 338 g/mol. The smallest absolute Gasteiger partial charge is 0.0768 e. The van der Waals surface area contributed by atoms with Gasteiger partial charge in [-0.05, 0) is 31.4 Å². The number of aliphatic imine (C=N–C) groups is 2. The molecule has 0 fully saturated rings. The summed E-state index contributed by atoms with van der Waals surface area (Å²) in [6, 6.07) is 3.39. The van der Waals surface area contributed by atoms with E-state index in [1.165, 1.54) is 12.8 Å². The Morgan fingerprint density at radius 2 is 1.89 bits per heavy atom. The maximum absolute atomic E-state index is 6.08. The van der Waals surface area contributed by atoms with Crippen LogP contribution in [0.15, 0.2) is 22.1 Å². The summed E-state index contributed by atoms with van der Waals surface area (Å²) in [7, 11) is 0. The molecular weight excluding hydrogens is 326 g/mol. The minimum atomic E-state index is 0. The van der Waals surface area contributed by atoms with Crippen molar-refractivity contribution in [2.24, 2.45) is 9.98 Å². The molecule has 1 heterocycles. The Morgan fingerprint density at radius 3 is 2.58 bits per heavy atom. The maximum Gasteiger partial charge on any atom is 0.0768 e. The fourth-order valence-electron chi connectivity index (χ4n) is 1.79. The number of halogens is 4. The van der Waals surface area contributed by atoms with E-state index in [4.69, 9.17) is 34.8 Å². The summed E-state index contributed by atoms with van der Waals surface area (Å²) in [5.41, 5.74) is 1.81. The highest BCUT2D eigenvalue weighted by molar-refractivity contribution is 6.45. The molecule has 0 spiro atoms. The molecule has 1 aromatic rings. The predicted octanol–water partition coefficient (Wildman–Crippen LogP) is 5.11. The van der Waals surface area contributed by atoms with Crippen LogP contribution in [0.3, 0.4) is 0 Å². The molecule has 6 heteroatoms. The highest BCUT2D eigenvalue weighted by atomic mass is 35.5. The first kappa shape index (κ1) is 16.8. The first-order valence-electron chi connectivity index (χ1n) is 5.84. The van der Waals surface area contributed by atoms with Crippen LogP contribution in [-0.2, 0) is 0 Å². The van der Waals surface area contributed by atoms with Crippen molar-refractivity contribution < 1.29 is 0 Å². The molecule has 0 radical (unpaired) electrons. The molecule has 2 rings (SSSR count). The summed E-state index contributed by atoms with van der Waals surface area (Å²) in [5.74, 6) is 0. The van der Waals surface area contributed by atoms with Crippen molar-refractivity contribution in [1.29, 1.82) is 0 Å². The van der Waals surface area contributed by atoms with E-state index in [9.17, 15) is 0 Å². The van der Waals surface area contributed by atoms with Crippen LogP contribution >= 0.6 is 47.2 Å². The Balaban J connectivity index is 0.00000180. The summed E-state index contributed by atoms with van der Waals surface area (Å²) in [6.07, 6.45) is 5.09. The lowest BCUT2D eigenvalue weighted by Crippen LogP contribution is -2.09. The first-order valence-corrected chi connectivity index (χ1v) is 6.97. The maximum atomic E-state index is 6.08. The van der Waals surface area contributed by atoms with Crippen LogP contribution < -0.4 is 0 Å². The van der Waals surface area contributed by atoms with Crippen molar-refractivity contribution in [3.05, 3.63) is 32.8 Å². The lowest BCUT2D eigenvalue weighted by atomic mass is 10.1. The molecule has 2 nitrogen and oxygen atoms in total. The fourth-order valence-corrected chi connectivity index (χ4v) is 2.42. The zero-order valence-electron chi connectivity index (χ0n) is 10.2. The molecule has 0 aromatic heterocycles. The first-order chi connectivity index (χ1) is 8.68. The Labute approximate surface area is 134 Å². The number of nitrogens with zero attached hydrogens (tertiary/aromatic N) is 2. The molecule has 0 amide bonds. The van der Waals surface area contributed by atoms with Gasteiger partial charge in [0.25, 0.3) is 0 Å². The molecule has 1 aliphatic rings. The highest BCUT2D eigenvalue weighted by Crippen LogP contribution is 2.30. The second-order valence-corrected chi connectivity index (χ2v) is 5.32. The Bertz CT molecular complexity index is 498.